The summed E-state index contributed by atoms with van der Waals surface area (Å²) in [5.74, 6) is 1.38. The van der Waals surface area contributed by atoms with Crippen LogP contribution in [0.4, 0.5) is 0 Å². The highest BCUT2D eigenvalue weighted by Crippen LogP contribution is 2.40. The lowest BCUT2D eigenvalue weighted by Gasteiger charge is -2.18. The Morgan fingerprint density at radius 1 is 1.29 bits per heavy atom. The van der Waals surface area contributed by atoms with Gasteiger partial charge in [0, 0.05) is 6.54 Å². The molecular weight excluding hydrogens is 358 g/mol. The lowest BCUT2D eigenvalue weighted by Crippen LogP contribution is -2.37. The quantitative estimate of drug-likeness (QED) is 0.663. The summed E-state index contributed by atoms with van der Waals surface area (Å²) in [6.45, 7) is 4.32. The molecule has 1 aliphatic rings. The number of nitrogens with zero attached hydrogens (tertiary/aromatic N) is 6. The first kappa shape index (κ1) is 18.1. The number of nitrogens with one attached hydrogen (secondary N) is 1. The normalized spacial score (nSPS) is 14.8. The molecule has 1 atom stereocenters. The van der Waals surface area contributed by atoms with E-state index in [1.54, 1.807) is 23.7 Å². The predicted octanol–water partition coefficient (Wildman–Crippen LogP) is 1.22. The van der Waals surface area contributed by atoms with Crippen LogP contribution in [0.1, 0.15) is 37.5 Å². The van der Waals surface area contributed by atoms with E-state index in [1.165, 1.54) is 15.6 Å². The zero-order valence-corrected chi connectivity index (χ0v) is 15.9. The van der Waals surface area contributed by atoms with E-state index in [-0.39, 0.29) is 24.2 Å². The minimum Gasteiger partial charge on any atom is -0.344 e. The summed E-state index contributed by atoms with van der Waals surface area (Å²) in [4.78, 5) is 29.8. The second-order valence-corrected chi connectivity index (χ2v) is 6.98. The Balaban J connectivity index is 1.54. The van der Waals surface area contributed by atoms with Gasteiger partial charge in [-0.15, -0.1) is 0 Å². The second-order valence-electron chi connectivity index (χ2n) is 6.98. The van der Waals surface area contributed by atoms with Gasteiger partial charge in [0.15, 0.2) is 0 Å². The van der Waals surface area contributed by atoms with Crippen molar-refractivity contribution in [3.63, 3.8) is 0 Å². The Bertz CT molecular complexity index is 1030. The van der Waals surface area contributed by atoms with Crippen molar-refractivity contribution in [2.45, 2.75) is 45.8 Å². The first-order valence-electron chi connectivity index (χ1n) is 9.47. The highest BCUT2D eigenvalue weighted by molar-refractivity contribution is 5.76. The zero-order valence-electron chi connectivity index (χ0n) is 15.9. The molecule has 2 aromatic heterocycles. The molecule has 3 aromatic rings. The van der Waals surface area contributed by atoms with Crippen molar-refractivity contribution in [3.05, 3.63) is 58.8 Å². The molecule has 0 unspecified atom stereocenters. The highest BCUT2D eigenvalue weighted by Gasteiger charge is 2.36. The zero-order chi connectivity index (χ0) is 19.7. The van der Waals surface area contributed by atoms with Crippen molar-refractivity contribution >= 4 is 5.91 Å². The van der Waals surface area contributed by atoms with Crippen LogP contribution >= 0.6 is 0 Å². The number of aromatic nitrogens is 6. The third-order valence-electron chi connectivity index (χ3n) is 4.98. The van der Waals surface area contributed by atoms with Crippen LogP contribution in [0.15, 0.2) is 41.5 Å². The Morgan fingerprint density at radius 3 is 2.71 bits per heavy atom. The van der Waals surface area contributed by atoms with Crippen LogP contribution in [-0.4, -0.2) is 35.0 Å². The summed E-state index contributed by atoms with van der Waals surface area (Å²) < 4.78 is 4.50. The monoisotopic (exact) mass is 381 g/mol. The smallest absolute Gasteiger partial charge is 0.344 e. The van der Waals surface area contributed by atoms with Crippen molar-refractivity contribution in [2.24, 2.45) is 5.92 Å². The van der Waals surface area contributed by atoms with E-state index in [4.69, 9.17) is 0 Å². The van der Waals surface area contributed by atoms with Crippen molar-refractivity contribution in [1.82, 2.24) is 34.4 Å². The van der Waals surface area contributed by atoms with E-state index >= 15 is 0 Å². The summed E-state index contributed by atoms with van der Waals surface area (Å²) in [7, 11) is 0. The van der Waals surface area contributed by atoms with Crippen LogP contribution in [0.5, 0.6) is 0 Å². The summed E-state index contributed by atoms with van der Waals surface area (Å²) in [6, 6.07) is 8.98. The van der Waals surface area contributed by atoms with E-state index < -0.39 is 0 Å². The molecule has 4 rings (SSSR count). The van der Waals surface area contributed by atoms with E-state index in [0.717, 1.165) is 18.7 Å². The van der Waals surface area contributed by atoms with Gasteiger partial charge in [0.05, 0.1) is 11.7 Å². The van der Waals surface area contributed by atoms with Gasteiger partial charge < -0.3 is 5.32 Å². The topological polar surface area (TPSA) is 99.6 Å². The van der Waals surface area contributed by atoms with Crippen molar-refractivity contribution in [2.75, 3.05) is 0 Å². The van der Waals surface area contributed by atoms with E-state index in [1.807, 2.05) is 25.1 Å². The van der Waals surface area contributed by atoms with E-state index in [2.05, 4.69) is 20.5 Å². The first-order valence-corrected chi connectivity index (χ1v) is 9.47. The molecule has 1 saturated carbocycles. The van der Waals surface area contributed by atoms with Crippen LogP contribution in [0.25, 0.3) is 5.69 Å². The molecule has 1 aliphatic carbocycles. The lowest BCUT2D eigenvalue weighted by atomic mass is 10.1. The maximum Gasteiger partial charge on any atom is 0.351 e. The number of benzene rings is 1. The van der Waals surface area contributed by atoms with E-state index in [0.29, 0.717) is 24.0 Å². The molecule has 1 aromatic carbocycles. The number of hydrogen-bond acceptors (Lipinski definition) is 5. The average Bonchev–Trinajstić information content (AvgIpc) is 3.38. The lowest BCUT2D eigenvalue weighted by molar-refractivity contribution is -0.122. The second kappa shape index (κ2) is 7.41. The van der Waals surface area contributed by atoms with Gasteiger partial charge in [-0.1, -0.05) is 18.2 Å². The number of amides is 1. The number of rotatable bonds is 7. The molecule has 9 heteroatoms. The van der Waals surface area contributed by atoms with Crippen LogP contribution in [0, 0.1) is 12.8 Å². The minimum atomic E-state index is -0.335. The Morgan fingerprint density at radius 2 is 2.04 bits per heavy atom. The molecular formula is C19H23N7O2. The number of carbonyl (C=O) groups excluding carboxylic acids is 1. The standard InChI is InChI=1S/C19H23N7O2/c1-3-25-18(20-12-21-25)17(14-9-10-14)22-16(27)11-24-13(2)23-26(19(24)28)15-7-5-4-6-8-15/h4-8,12,14,17H,3,9-11H2,1-2H3,(H,22,27)/t17-/m0/s1. The number of carbonyl (C=O) groups is 1. The van der Waals surface area contributed by atoms with Gasteiger partial charge in [0.25, 0.3) is 0 Å². The molecule has 9 nitrogen and oxygen atoms in total. The van der Waals surface area contributed by atoms with Crippen LogP contribution in [0.2, 0.25) is 0 Å². The van der Waals surface area contributed by atoms with Crippen LogP contribution < -0.4 is 11.0 Å². The molecule has 2 heterocycles. The minimum absolute atomic E-state index is 0.0824. The van der Waals surface area contributed by atoms with Gasteiger partial charge in [-0.2, -0.15) is 14.9 Å². The van der Waals surface area contributed by atoms with Crippen molar-refractivity contribution in [3.8, 4) is 5.69 Å². The maximum atomic E-state index is 12.7. The van der Waals surface area contributed by atoms with Crippen molar-refractivity contribution < 1.29 is 4.79 Å². The number of aryl methyl sites for hydroxylation is 2. The predicted molar refractivity (Wildman–Crippen MR) is 102 cm³/mol. The molecule has 0 saturated heterocycles. The number of para-hydroxylation sites is 1. The highest BCUT2D eigenvalue weighted by atomic mass is 16.2. The van der Waals surface area contributed by atoms with E-state index in [9.17, 15) is 9.59 Å². The fraction of sp³-hybridized carbons (Fsp3) is 0.421. The summed E-state index contributed by atoms with van der Waals surface area (Å²) >= 11 is 0. The van der Waals surface area contributed by atoms with Crippen LogP contribution in [-0.2, 0) is 17.9 Å². The molecule has 1 N–H and O–H groups in total. The molecule has 146 valence electrons. The van der Waals surface area contributed by atoms with Crippen LogP contribution in [0.3, 0.4) is 0 Å². The SMILES string of the molecule is CCn1ncnc1[C@@H](NC(=O)Cn1c(C)nn(-c2ccccc2)c1=O)C1CC1. The molecule has 1 fully saturated rings. The van der Waals surface area contributed by atoms with Gasteiger partial charge in [-0.3, -0.25) is 9.36 Å². The Hall–Kier alpha value is -3.23. The van der Waals surface area contributed by atoms with Gasteiger partial charge >= 0.3 is 5.69 Å². The summed E-state index contributed by atoms with van der Waals surface area (Å²) in [6.07, 6.45) is 3.61. The Kier molecular flexibility index (Phi) is 4.81. The summed E-state index contributed by atoms with van der Waals surface area (Å²) in [5.41, 5.74) is 0.334. The van der Waals surface area contributed by atoms with Gasteiger partial charge in [-0.25, -0.2) is 14.5 Å². The Labute approximate surface area is 162 Å². The average molecular weight is 381 g/mol. The maximum absolute atomic E-state index is 12.7. The number of hydrogen-bond donors (Lipinski definition) is 1. The largest absolute Gasteiger partial charge is 0.351 e. The first-order chi connectivity index (χ1) is 13.6. The molecule has 0 bridgehead atoms. The molecule has 0 aliphatic heterocycles. The third-order valence-corrected chi connectivity index (χ3v) is 4.98. The molecule has 0 spiro atoms. The molecule has 28 heavy (non-hydrogen) atoms. The van der Waals surface area contributed by atoms with Crippen molar-refractivity contribution in [1.29, 1.82) is 0 Å². The fourth-order valence-corrected chi connectivity index (χ4v) is 3.36. The van der Waals surface area contributed by atoms with Gasteiger partial charge in [0.1, 0.15) is 24.5 Å². The summed E-state index contributed by atoms with van der Waals surface area (Å²) in [5, 5.41) is 11.6. The molecule has 1 amide bonds. The fourth-order valence-electron chi connectivity index (χ4n) is 3.36. The third kappa shape index (κ3) is 3.47. The van der Waals surface area contributed by atoms with Gasteiger partial charge in [0.2, 0.25) is 5.91 Å². The molecule has 0 radical (unpaired) electrons. The van der Waals surface area contributed by atoms with Gasteiger partial charge in [-0.05, 0) is 44.7 Å².